The second-order valence-corrected chi connectivity index (χ2v) is 13.0. The van der Waals surface area contributed by atoms with E-state index >= 15 is 0 Å². The van der Waals surface area contributed by atoms with Crippen molar-refractivity contribution in [3.63, 3.8) is 0 Å². The molecule has 0 N–H and O–H groups in total. The van der Waals surface area contributed by atoms with Crippen molar-refractivity contribution in [1.29, 1.82) is 0 Å². The Balaban J connectivity index is 1.25. The summed E-state index contributed by atoms with van der Waals surface area (Å²) < 4.78 is 11.6. The summed E-state index contributed by atoms with van der Waals surface area (Å²) in [6, 6.07) is 51.4. The molecule has 10 rings (SSSR count). The lowest BCUT2D eigenvalue weighted by atomic mass is 9.99. The van der Waals surface area contributed by atoms with Crippen molar-refractivity contribution in [2.24, 2.45) is 0 Å². The lowest BCUT2D eigenvalue weighted by molar-refractivity contribution is 0.668. The zero-order chi connectivity index (χ0) is 31.1. The van der Waals surface area contributed by atoms with E-state index in [0.717, 1.165) is 49.8 Å². The molecule has 0 bridgehead atoms. The first-order chi connectivity index (χ1) is 23.3. The summed E-state index contributed by atoms with van der Waals surface area (Å²) in [7, 11) is 0. The van der Waals surface area contributed by atoms with Gasteiger partial charge in [0.2, 0.25) is 5.69 Å². The van der Waals surface area contributed by atoms with Crippen LogP contribution in [0.3, 0.4) is 0 Å². The van der Waals surface area contributed by atoms with Crippen LogP contribution in [0.2, 0.25) is 0 Å². The first-order valence-electron chi connectivity index (χ1n) is 15.6. The molecule has 10 aromatic rings. The van der Waals surface area contributed by atoms with Crippen LogP contribution in [-0.2, 0) is 0 Å². The highest BCUT2D eigenvalue weighted by molar-refractivity contribution is 7.26. The molecule has 3 aromatic heterocycles. The van der Waals surface area contributed by atoms with Gasteiger partial charge in [0.1, 0.15) is 5.58 Å². The van der Waals surface area contributed by atoms with E-state index in [1.54, 1.807) is 11.3 Å². The molecule has 47 heavy (non-hydrogen) atoms. The van der Waals surface area contributed by atoms with Gasteiger partial charge < -0.3 is 8.98 Å². The van der Waals surface area contributed by atoms with Gasteiger partial charge in [-0.05, 0) is 58.7 Å². The van der Waals surface area contributed by atoms with Crippen LogP contribution >= 0.6 is 11.3 Å². The zero-order valence-corrected chi connectivity index (χ0v) is 25.9. The van der Waals surface area contributed by atoms with E-state index in [4.69, 9.17) is 11.0 Å². The van der Waals surface area contributed by atoms with E-state index in [0.29, 0.717) is 11.3 Å². The molecule has 3 nitrogen and oxygen atoms in total. The predicted molar refractivity (Wildman–Crippen MR) is 198 cm³/mol. The molecular weight excluding hydrogens is 593 g/mol. The molecule has 7 aromatic carbocycles. The second-order valence-electron chi connectivity index (χ2n) is 12.0. The van der Waals surface area contributed by atoms with Gasteiger partial charge in [-0.25, -0.2) is 4.85 Å². The number of rotatable bonds is 3. The van der Waals surface area contributed by atoms with E-state index in [1.807, 2.05) is 12.1 Å². The van der Waals surface area contributed by atoms with Crippen molar-refractivity contribution in [2.45, 2.75) is 0 Å². The molecule has 0 saturated carbocycles. The summed E-state index contributed by atoms with van der Waals surface area (Å²) in [6.07, 6.45) is 0. The maximum atomic E-state index is 8.19. The number of benzene rings is 7. The first kappa shape index (κ1) is 26.1. The Hall–Kier alpha value is -6.15. The van der Waals surface area contributed by atoms with Gasteiger partial charge in [-0.15, -0.1) is 11.3 Å². The van der Waals surface area contributed by atoms with Crippen LogP contribution in [0.1, 0.15) is 0 Å². The molecule has 0 aliphatic carbocycles. The molecule has 0 radical (unpaired) electrons. The third kappa shape index (κ3) is 3.78. The van der Waals surface area contributed by atoms with Crippen molar-refractivity contribution < 1.29 is 4.42 Å². The van der Waals surface area contributed by atoms with Gasteiger partial charge >= 0.3 is 0 Å². The smallest absolute Gasteiger partial charge is 0.230 e. The second kappa shape index (κ2) is 9.92. The van der Waals surface area contributed by atoms with Gasteiger partial charge in [0.15, 0.2) is 5.58 Å². The zero-order valence-electron chi connectivity index (χ0n) is 25.1. The molecular formula is C43H24N2OS. The fourth-order valence-electron chi connectivity index (χ4n) is 7.30. The quantitative estimate of drug-likeness (QED) is 0.181. The standard InChI is InChI=1S/C43H24N2OS/c1-44-36-24-28(29-15-9-17-34-32-14-6-8-20-40(32)47-43(29)34)23-35-33-16-10-19-38(42(33)46-41(35)36)45-37-18-7-5-13-30(37)31-22-21-27(25-39(31)45)26-11-3-2-4-12-26/h2-25H. The minimum Gasteiger partial charge on any atom is -0.465 e. The normalized spacial score (nSPS) is 11.8. The predicted octanol–water partition coefficient (Wildman–Crippen LogP) is 12.9. The van der Waals surface area contributed by atoms with Crippen molar-refractivity contribution in [3.05, 3.63) is 157 Å². The minimum atomic E-state index is 0.520. The Bertz CT molecular complexity index is 2920. The van der Waals surface area contributed by atoms with E-state index < -0.39 is 0 Å². The van der Waals surface area contributed by atoms with Crippen LogP contribution in [0.15, 0.2) is 150 Å². The third-order valence-electron chi connectivity index (χ3n) is 9.42. The van der Waals surface area contributed by atoms with Crippen LogP contribution in [0.5, 0.6) is 0 Å². The maximum Gasteiger partial charge on any atom is 0.230 e. The lowest BCUT2D eigenvalue weighted by Crippen LogP contribution is -1.94. The Morgan fingerprint density at radius 1 is 0.511 bits per heavy atom. The largest absolute Gasteiger partial charge is 0.465 e. The van der Waals surface area contributed by atoms with Crippen LogP contribution in [0.25, 0.3) is 96.7 Å². The highest BCUT2D eigenvalue weighted by Crippen LogP contribution is 2.45. The highest BCUT2D eigenvalue weighted by atomic mass is 32.1. The number of thiophene rings is 1. The molecule has 0 amide bonds. The summed E-state index contributed by atoms with van der Waals surface area (Å²) in [5.41, 5.74) is 9.61. The van der Waals surface area contributed by atoms with Crippen LogP contribution in [0, 0.1) is 6.57 Å². The van der Waals surface area contributed by atoms with Gasteiger partial charge in [-0.3, -0.25) is 0 Å². The SMILES string of the molecule is [C-]#[N+]c1cc(-c2cccc3c2sc2ccccc23)cc2c1oc1c(-n3c4ccccc4c4ccc(-c5ccccc5)cc43)cccc12. The Morgan fingerprint density at radius 2 is 1.26 bits per heavy atom. The fourth-order valence-corrected chi connectivity index (χ4v) is 8.53. The number of hydrogen-bond donors (Lipinski definition) is 0. The van der Waals surface area contributed by atoms with E-state index in [2.05, 4.69) is 143 Å². The molecule has 0 spiro atoms. The number of hydrogen-bond acceptors (Lipinski definition) is 2. The van der Waals surface area contributed by atoms with Gasteiger partial charge in [-0.2, -0.15) is 0 Å². The Labute approximate surface area is 274 Å². The van der Waals surface area contributed by atoms with Crippen molar-refractivity contribution >= 4 is 80.9 Å². The summed E-state index contributed by atoms with van der Waals surface area (Å²) >= 11 is 1.81. The third-order valence-corrected chi connectivity index (χ3v) is 10.6. The topological polar surface area (TPSA) is 22.4 Å². The molecule has 0 fully saturated rings. The Morgan fingerprint density at radius 3 is 2.15 bits per heavy atom. The average Bonchev–Trinajstić information content (AvgIpc) is 3.81. The molecule has 0 unspecified atom stereocenters. The van der Waals surface area contributed by atoms with E-state index in [1.165, 1.54) is 36.5 Å². The van der Waals surface area contributed by atoms with Crippen molar-refractivity contribution in [2.75, 3.05) is 0 Å². The Kier molecular flexibility index (Phi) is 5.51. The summed E-state index contributed by atoms with van der Waals surface area (Å²) in [5, 5.41) is 6.84. The van der Waals surface area contributed by atoms with E-state index in [9.17, 15) is 0 Å². The summed E-state index contributed by atoms with van der Waals surface area (Å²) in [6.45, 7) is 8.19. The molecule has 4 heteroatoms. The summed E-state index contributed by atoms with van der Waals surface area (Å²) in [4.78, 5) is 3.99. The van der Waals surface area contributed by atoms with E-state index in [-0.39, 0.29) is 0 Å². The molecule has 0 aliphatic rings. The molecule has 0 aliphatic heterocycles. The van der Waals surface area contributed by atoms with Gasteiger partial charge in [0.25, 0.3) is 0 Å². The maximum absolute atomic E-state index is 8.19. The van der Waals surface area contributed by atoms with Crippen molar-refractivity contribution in [1.82, 2.24) is 4.57 Å². The van der Waals surface area contributed by atoms with Crippen LogP contribution in [0.4, 0.5) is 5.69 Å². The van der Waals surface area contributed by atoms with Gasteiger partial charge in [-0.1, -0.05) is 109 Å². The van der Waals surface area contributed by atoms with Gasteiger partial charge in [0.05, 0.1) is 23.3 Å². The highest BCUT2D eigenvalue weighted by Gasteiger charge is 2.21. The lowest BCUT2D eigenvalue weighted by Gasteiger charge is -2.10. The number of aromatic nitrogens is 1. The first-order valence-corrected chi connectivity index (χ1v) is 16.4. The monoisotopic (exact) mass is 616 g/mol. The number of furan rings is 1. The number of fused-ring (bicyclic) bond motifs is 9. The average molecular weight is 617 g/mol. The minimum absolute atomic E-state index is 0.520. The summed E-state index contributed by atoms with van der Waals surface area (Å²) in [5.74, 6) is 0. The van der Waals surface area contributed by atoms with Crippen molar-refractivity contribution in [3.8, 4) is 27.9 Å². The molecule has 218 valence electrons. The molecule has 3 heterocycles. The van der Waals surface area contributed by atoms with Crippen LogP contribution in [-0.4, -0.2) is 4.57 Å². The van der Waals surface area contributed by atoms with Gasteiger partial charge in [0, 0.05) is 41.7 Å². The fraction of sp³-hybridized carbons (Fsp3) is 0. The van der Waals surface area contributed by atoms with Crippen LogP contribution < -0.4 is 0 Å². The molecule has 0 atom stereocenters. The number of nitrogens with zero attached hydrogens (tertiary/aromatic N) is 2. The number of para-hydroxylation sites is 2. The molecule has 0 saturated heterocycles.